The summed E-state index contributed by atoms with van der Waals surface area (Å²) in [5.74, 6) is 1.000. The summed E-state index contributed by atoms with van der Waals surface area (Å²) in [6.07, 6.45) is 1.34. The highest BCUT2D eigenvalue weighted by molar-refractivity contribution is 5.48. The molecular weight excluding hydrogens is 248 g/mol. The van der Waals surface area contributed by atoms with E-state index >= 15 is 0 Å². The minimum Gasteiger partial charge on any atom is -0.432 e. The number of nitrogens with one attached hydrogen (secondary N) is 1. The molecule has 0 atom stereocenters. The molecule has 7 heteroatoms. The van der Waals surface area contributed by atoms with Crippen molar-refractivity contribution in [3.05, 3.63) is 46.8 Å². The van der Waals surface area contributed by atoms with Crippen molar-refractivity contribution in [1.29, 1.82) is 0 Å². The average Bonchev–Trinajstić information content (AvgIpc) is 2.40. The van der Waals surface area contributed by atoms with Gasteiger partial charge in [0.05, 0.1) is 4.92 Å². The number of ether oxygens (including phenoxy) is 1. The Labute approximate surface area is 109 Å². The molecular formula is C12H12N4O3. The predicted octanol–water partition coefficient (Wildman–Crippen LogP) is 2.61. The topological polar surface area (TPSA) is 90.2 Å². The summed E-state index contributed by atoms with van der Waals surface area (Å²) in [5, 5.41) is 13.9. The minimum atomic E-state index is -0.498. The van der Waals surface area contributed by atoms with E-state index in [1.807, 2.05) is 6.92 Å². The van der Waals surface area contributed by atoms with E-state index in [1.54, 1.807) is 18.2 Å². The Morgan fingerprint density at radius 2 is 2.16 bits per heavy atom. The van der Waals surface area contributed by atoms with Gasteiger partial charge in [0, 0.05) is 18.7 Å². The number of anilines is 1. The monoisotopic (exact) mass is 260 g/mol. The van der Waals surface area contributed by atoms with Crippen LogP contribution in [0.15, 0.2) is 36.7 Å². The molecule has 0 aliphatic heterocycles. The van der Waals surface area contributed by atoms with Gasteiger partial charge in [0.2, 0.25) is 11.6 Å². The molecule has 0 radical (unpaired) electrons. The zero-order valence-corrected chi connectivity index (χ0v) is 10.2. The van der Waals surface area contributed by atoms with E-state index in [9.17, 15) is 10.1 Å². The van der Waals surface area contributed by atoms with Crippen LogP contribution in [0.4, 0.5) is 11.5 Å². The second-order valence-electron chi connectivity index (χ2n) is 3.60. The number of nitrogens with zero attached hydrogens (tertiary/aromatic N) is 3. The summed E-state index contributed by atoms with van der Waals surface area (Å²) in [7, 11) is 0. The van der Waals surface area contributed by atoms with Crippen LogP contribution in [0.3, 0.4) is 0 Å². The van der Waals surface area contributed by atoms with Crippen LogP contribution >= 0.6 is 0 Å². The lowest BCUT2D eigenvalue weighted by Crippen LogP contribution is -2.00. The Morgan fingerprint density at radius 1 is 1.37 bits per heavy atom. The van der Waals surface area contributed by atoms with Crippen LogP contribution < -0.4 is 10.1 Å². The number of rotatable bonds is 5. The summed E-state index contributed by atoms with van der Waals surface area (Å²) in [4.78, 5) is 18.3. The molecule has 1 aromatic heterocycles. The highest BCUT2D eigenvalue weighted by Gasteiger charge is 2.15. The Balaban J connectivity index is 2.26. The molecule has 7 nitrogen and oxygen atoms in total. The quantitative estimate of drug-likeness (QED) is 0.656. The molecule has 2 rings (SSSR count). The lowest BCUT2D eigenvalue weighted by Gasteiger charge is -2.06. The Hall–Kier alpha value is -2.70. The number of nitro benzene ring substituents is 1. The summed E-state index contributed by atoms with van der Waals surface area (Å²) in [6, 6.07) is 7.72. The van der Waals surface area contributed by atoms with Gasteiger partial charge in [-0.15, -0.1) is 0 Å². The first-order valence-corrected chi connectivity index (χ1v) is 5.68. The number of hydrogen-bond acceptors (Lipinski definition) is 6. The van der Waals surface area contributed by atoms with Crippen molar-refractivity contribution in [1.82, 2.24) is 9.97 Å². The van der Waals surface area contributed by atoms with Gasteiger partial charge in [-0.1, -0.05) is 12.1 Å². The first kappa shape index (κ1) is 12.7. The number of hydrogen-bond donors (Lipinski definition) is 1. The normalized spacial score (nSPS) is 9.95. The van der Waals surface area contributed by atoms with Gasteiger partial charge < -0.3 is 10.1 Å². The number of nitro groups is 1. The van der Waals surface area contributed by atoms with E-state index in [2.05, 4.69) is 15.3 Å². The van der Waals surface area contributed by atoms with E-state index < -0.39 is 4.92 Å². The lowest BCUT2D eigenvalue weighted by molar-refractivity contribution is -0.385. The Bertz CT molecular complexity index is 589. The average molecular weight is 260 g/mol. The van der Waals surface area contributed by atoms with Gasteiger partial charge in [-0.2, -0.15) is 0 Å². The number of para-hydroxylation sites is 2. The van der Waals surface area contributed by atoms with E-state index in [-0.39, 0.29) is 17.3 Å². The molecule has 0 unspecified atom stereocenters. The molecule has 2 aromatic rings. The summed E-state index contributed by atoms with van der Waals surface area (Å²) >= 11 is 0. The highest BCUT2D eigenvalue weighted by atomic mass is 16.6. The zero-order chi connectivity index (χ0) is 13.7. The third-order valence-electron chi connectivity index (χ3n) is 2.28. The van der Waals surface area contributed by atoms with Gasteiger partial charge >= 0.3 is 5.69 Å². The molecule has 0 aliphatic rings. The van der Waals surface area contributed by atoms with Crippen LogP contribution in [0.25, 0.3) is 0 Å². The maximum atomic E-state index is 10.9. The molecule has 0 spiro atoms. The third kappa shape index (κ3) is 3.15. The highest BCUT2D eigenvalue weighted by Crippen LogP contribution is 2.30. The second-order valence-corrected chi connectivity index (χ2v) is 3.60. The largest absolute Gasteiger partial charge is 0.432 e. The van der Waals surface area contributed by atoms with Crippen LogP contribution in [0.5, 0.6) is 11.6 Å². The van der Waals surface area contributed by atoms with E-state index in [0.717, 1.165) is 0 Å². The second kappa shape index (κ2) is 5.76. The SMILES string of the molecule is CCNc1cc(Oc2ccccc2[N+](=O)[O-])ncn1. The van der Waals surface area contributed by atoms with Crippen LogP contribution in [0.2, 0.25) is 0 Å². The molecule has 0 fully saturated rings. The Morgan fingerprint density at radius 3 is 2.89 bits per heavy atom. The van der Waals surface area contributed by atoms with Gasteiger partial charge in [0.25, 0.3) is 0 Å². The van der Waals surface area contributed by atoms with E-state index in [1.165, 1.54) is 18.5 Å². The maximum Gasteiger partial charge on any atom is 0.311 e. The first-order chi connectivity index (χ1) is 9.20. The smallest absolute Gasteiger partial charge is 0.311 e. The molecule has 1 heterocycles. The molecule has 0 saturated heterocycles. The standard InChI is InChI=1S/C12H12N4O3/c1-2-13-11-7-12(15-8-14-11)19-10-6-4-3-5-9(10)16(17)18/h3-8H,2H2,1H3,(H,13,14,15). The van der Waals surface area contributed by atoms with Crippen molar-refractivity contribution in [3.63, 3.8) is 0 Å². The van der Waals surface area contributed by atoms with Crippen molar-refractivity contribution < 1.29 is 9.66 Å². The van der Waals surface area contributed by atoms with Crippen molar-refractivity contribution in [2.75, 3.05) is 11.9 Å². The molecule has 1 N–H and O–H groups in total. The van der Waals surface area contributed by atoms with Gasteiger partial charge in [0.15, 0.2) is 0 Å². The lowest BCUT2D eigenvalue weighted by atomic mass is 10.3. The number of benzene rings is 1. The van der Waals surface area contributed by atoms with Crippen LogP contribution in [-0.4, -0.2) is 21.4 Å². The van der Waals surface area contributed by atoms with Crippen LogP contribution in [0.1, 0.15) is 6.92 Å². The molecule has 0 amide bonds. The molecule has 0 bridgehead atoms. The Kier molecular flexibility index (Phi) is 3.87. The van der Waals surface area contributed by atoms with Gasteiger partial charge in [-0.05, 0) is 13.0 Å². The summed E-state index contributed by atoms with van der Waals surface area (Å²) in [6.45, 7) is 2.65. The molecule has 0 aliphatic carbocycles. The molecule has 1 aromatic carbocycles. The predicted molar refractivity (Wildman–Crippen MR) is 69.4 cm³/mol. The van der Waals surface area contributed by atoms with E-state index in [0.29, 0.717) is 12.4 Å². The van der Waals surface area contributed by atoms with Gasteiger partial charge in [-0.3, -0.25) is 10.1 Å². The fourth-order valence-electron chi connectivity index (χ4n) is 1.48. The molecule has 19 heavy (non-hydrogen) atoms. The fraction of sp³-hybridized carbons (Fsp3) is 0.167. The fourth-order valence-corrected chi connectivity index (χ4v) is 1.48. The van der Waals surface area contributed by atoms with Crippen molar-refractivity contribution in [3.8, 4) is 11.6 Å². The van der Waals surface area contributed by atoms with Crippen molar-refractivity contribution in [2.45, 2.75) is 6.92 Å². The number of aromatic nitrogens is 2. The van der Waals surface area contributed by atoms with Crippen LogP contribution in [0, 0.1) is 10.1 Å². The summed E-state index contributed by atoms with van der Waals surface area (Å²) < 4.78 is 5.43. The summed E-state index contributed by atoms with van der Waals surface area (Å²) in [5.41, 5.74) is -0.105. The molecule has 0 saturated carbocycles. The zero-order valence-electron chi connectivity index (χ0n) is 10.2. The molecule has 98 valence electrons. The van der Waals surface area contributed by atoms with Gasteiger partial charge in [-0.25, -0.2) is 9.97 Å². The van der Waals surface area contributed by atoms with Gasteiger partial charge in [0.1, 0.15) is 12.1 Å². The third-order valence-corrected chi connectivity index (χ3v) is 2.28. The first-order valence-electron chi connectivity index (χ1n) is 5.68. The van der Waals surface area contributed by atoms with E-state index in [4.69, 9.17) is 4.74 Å². The van der Waals surface area contributed by atoms with Crippen LogP contribution in [-0.2, 0) is 0 Å². The minimum absolute atomic E-state index is 0.105. The van der Waals surface area contributed by atoms with Crippen molar-refractivity contribution >= 4 is 11.5 Å². The van der Waals surface area contributed by atoms with Crippen molar-refractivity contribution in [2.24, 2.45) is 0 Å². The maximum absolute atomic E-state index is 10.9.